The first kappa shape index (κ1) is 13.1. The minimum Gasteiger partial charge on any atom is -0.392 e. The summed E-state index contributed by atoms with van der Waals surface area (Å²) in [7, 11) is 0. The first-order valence-corrected chi connectivity index (χ1v) is 6.50. The zero-order valence-electron chi connectivity index (χ0n) is 10.6. The topological polar surface area (TPSA) is 52.6 Å². The van der Waals surface area contributed by atoms with Crippen molar-refractivity contribution < 1.29 is 9.90 Å². The third-order valence-electron chi connectivity index (χ3n) is 3.27. The molecule has 0 aliphatic carbocycles. The maximum Gasteiger partial charge on any atom is 0.225 e. The van der Waals surface area contributed by atoms with Crippen LogP contribution in [0.25, 0.3) is 0 Å². The number of aliphatic hydroxyl groups is 1. The van der Waals surface area contributed by atoms with Gasteiger partial charge in [0.15, 0.2) is 0 Å². The predicted octanol–water partition coefficient (Wildman–Crippen LogP) is 1.60. The van der Waals surface area contributed by atoms with E-state index in [0.29, 0.717) is 6.42 Å². The summed E-state index contributed by atoms with van der Waals surface area (Å²) >= 11 is 0. The van der Waals surface area contributed by atoms with Crippen molar-refractivity contribution in [1.29, 1.82) is 0 Å². The number of carbonyl (C=O) groups excluding carboxylic acids is 1. The number of anilines is 1. The number of nitrogens with zero attached hydrogens (tertiary/aromatic N) is 1. The minimum absolute atomic E-state index is 0.0309. The van der Waals surface area contributed by atoms with Crippen LogP contribution in [0.1, 0.15) is 24.8 Å². The third-order valence-corrected chi connectivity index (χ3v) is 3.27. The lowest BCUT2D eigenvalue weighted by Crippen LogP contribution is -2.25. The molecule has 0 atom stereocenters. The summed E-state index contributed by atoms with van der Waals surface area (Å²) in [5.41, 5.74) is 1.64. The second kappa shape index (κ2) is 6.52. The number of likely N-dealkylation sites (tertiary alicyclic amines) is 1. The fraction of sp³-hybridized carbons (Fsp3) is 0.500. The maximum absolute atomic E-state index is 11.7. The molecule has 0 aromatic heterocycles. The van der Waals surface area contributed by atoms with Crippen LogP contribution in [0.15, 0.2) is 24.3 Å². The molecule has 1 heterocycles. The van der Waals surface area contributed by atoms with Crippen LogP contribution >= 0.6 is 0 Å². The summed E-state index contributed by atoms with van der Waals surface area (Å²) in [4.78, 5) is 14.1. The molecule has 2 rings (SSSR count). The number of hydrogen-bond donors (Lipinski definition) is 2. The van der Waals surface area contributed by atoms with E-state index in [4.69, 9.17) is 5.11 Å². The van der Waals surface area contributed by atoms with E-state index in [0.717, 1.165) is 30.9 Å². The van der Waals surface area contributed by atoms with Crippen LogP contribution in [-0.4, -0.2) is 35.5 Å². The Morgan fingerprint density at radius 2 is 1.89 bits per heavy atom. The molecule has 1 aliphatic rings. The highest BCUT2D eigenvalue weighted by Gasteiger charge is 2.12. The van der Waals surface area contributed by atoms with Gasteiger partial charge in [-0.25, -0.2) is 0 Å². The maximum atomic E-state index is 11.7. The molecule has 1 aromatic carbocycles. The van der Waals surface area contributed by atoms with Gasteiger partial charge in [0.25, 0.3) is 0 Å². The Kier molecular flexibility index (Phi) is 4.73. The first-order valence-electron chi connectivity index (χ1n) is 6.50. The van der Waals surface area contributed by atoms with Gasteiger partial charge >= 0.3 is 0 Å². The number of aliphatic hydroxyl groups excluding tert-OH is 1. The van der Waals surface area contributed by atoms with Gasteiger partial charge in [-0.05, 0) is 43.6 Å². The Bertz CT molecular complexity index is 383. The molecule has 18 heavy (non-hydrogen) atoms. The highest BCUT2D eigenvalue weighted by atomic mass is 16.3. The molecular weight excluding hydrogens is 228 g/mol. The van der Waals surface area contributed by atoms with Crippen molar-refractivity contribution in [3.63, 3.8) is 0 Å². The summed E-state index contributed by atoms with van der Waals surface area (Å²) in [5, 5.41) is 11.8. The van der Waals surface area contributed by atoms with Crippen molar-refractivity contribution in [2.24, 2.45) is 0 Å². The summed E-state index contributed by atoms with van der Waals surface area (Å²) in [6, 6.07) is 7.27. The predicted molar refractivity (Wildman–Crippen MR) is 71.3 cm³/mol. The summed E-state index contributed by atoms with van der Waals surface area (Å²) in [5.74, 6) is 0.0543. The van der Waals surface area contributed by atoms with E-state index in [-0.39, 0.29) is 12.5 Å². The number of amides is 1. The molecule has 4 heteroatoms. The lowest BCUT2D eigenvalue weighted by molar-refractivity contribution is -0.116. The Morgan fingerprint density at radius 1 is 1.22 bits per heavy atom. The number of hydrogen-bond acceptors (Lipinski definition) is 3. The SMILES string of the molecule is O=C(CCN1CCCC1)Nc1ccc(CO)cc1. The lowest BCUT2D eigenvalue weighted by Gasteiger charge is -2.13. The molecule has 1 fully saturated rings. The van der Waals surface area contributed by atoms with Crippen LogP contribution in [-0.2, 0) is 11.4 Å². The van der Waals surface area contributed by atoms with Gasteiger partial charge in [0.2, 0.25) is 5.91 Å². The molecule has 0 unspecified atom stereocenters. The van der Waals surface area contributed by atoms with Crippen LogP contribution in [0, 0.1) is 0 Å². The Balaban J connectivity index is 1.75. The van der Waals surface area contributed by atoms with E-state index in [1.54, 1.807) is 0 Å². The van der Waals surface area contributed by atoms with Gasteiger partial charge in [-0.1, -0.05) is 12.1 Å². The van der Waals surface area contributed by atoms with E-state index < -0.39 is 0 Å². The van der Waals surface area contributed by atoms with Gasteiger partial charge < -0.3 is 15.3 Å². The van der Waals surface area contributed by atoms with Crippen LogP contribution in [0.4, 0.5) is 5.69 Å². The van der Waals surface area contributed by atoms with Gasteiger partial charge in [-0.3, -0.25) is 4.79 Å². The number of carbonyl (C=O) groups is 1. The van der Waals surface area contributed by atoms with Crippen LogP contribution in [0.5, 0.6) is 0 Å². The van der Waals surface area contributed by atoms with Gasteiger partial charge in [-0.2, -0.15) is 0 Å². The average Bonchev–Trinajstić information content (AvgIpc) is 2.90. The zero-order chi connectivity index (χ0) is 12.8. The second-order valence-electron chi connectivity index (χ2n) is 4.70. The normalized spacial score (nSPS) is 15.8. The number of benzene rings is 1. The molecule has 2 N–H and O–H groups in total. The van der Waals surface area contributed by atoms with Gasteiger partial charge in [0.05, 0.1) is 6.61 Å². The fourth-order valence-corrected chi connectivity index (χ4v) is 2.18. The van der Waals surface area contributed by atoms with E-state index in [1.165, 1.54) is 12.8 Å². The Hall–Kier alpha value is -1.39. The molecule has 0 bridgehead atoms. The highest BCUT2D eigenvalue weighted by Crippen LogP contribution is 2.11. The van der Waals surface area contributed by atoms with Crippen molar-refractivity contribution >= 4 is 11.6 Å². The Morgan fingerprint density at radius 3 is 2.50 bits per heavy atom. The van der Waals surface area contributed by atoms with Crippen LogP contribution in [0.3, 0.4) is 0 Å². The Labute approximate surface area is 108 Å². The van der Waals surface area contributed by atoms with Crippen molar-refractivity contribution in [3.05, 3.63) is 29.8 Å². The molecule has 1 aromatic rings. The molecule has 1 saturated heterocycles. The van der Waals surface area contributed by atoms with Gasteiger partial charge in [0, 0.05) is 18.7 Å². The summed E-state index contributed by atoms with van der Waals surface area (Å²) in [6.07, 6.45) is 3.05. The molecular formula is C14H20N2O2. The van der Waals surface area contributed by atoms with Gasteiger partial charge in [0.1, 0.15) is 0 Å². The molecule has 0 spiro atoms. The van der Waals surface area contributed by atoms with Crippen LogP contribution < -0.4 is 5.32 Å². The minimum atomic E-state index is 0.0309. The molecule has 4 nitrogen and oxygen atoms in total. The summed E-state index contributed by atoms with van der Waals surface area (Å²) in [6.45, 7) is 3.13. The molecule has 0 radical (unpaired) electrons. The smallest absolute Gasteiger partial charge is 0.225 e. The monoisotopic (exact) mass is 248 g/mol. The first-order chi connectivity index (χ1) is 8.78. The molecule has 98 valence electrons. The van der Waals surface area contributed by atoms with Crippen LogP contribution in [0.2, 0.25) is 0 Å². The summed E-state index contributed by atoms with van der Waals surface area (Å²) < 4.78 is 0. The van der Waals surface area contributed by atoms with Crippen molar-refractivity contribution in [1.82, 2.24) is 4.90 Å². The van der Waals surface area contributed by atoms with Crippen molar-refractivity contribution in [2.45, 2.75) is 25.9 Å². The quantitative estimate of drug-likeness (QED) is 0.832. The molecule has 1 aliphatic heterocycles. The van der Waals surface area contributed by atoms with Crippen molar-refractivity contribution in [2.75, 3.05) is 25.0 Å². The van der Waals surface area contributed by atoms with E-state index in [9.17, 15) is 4.79 Å². The third kappa shape index (κ3) is 3.82. The zero-order valence-corrected chi connectivity index (χ0v) is 10.6. The van der Waals surface area contributed by atoms with E-state index >= 15 is 0 Å². The number of rotatable bonds is 5. The van der Waals surface area contributed by atoms with E-state index in [2.05, 4.69) is 10.2 Å². The lowest BCUT2D eigenvalue weighted by atomic mass is 10.2. The fourth-order valence-electron chi connectivity index (χ4n) is 2.18. The number of nitrogens with one attached hydrogen (secondary N) is 1. The molecule has 1 amide bonds. The van der Waals surface area contributed by atoms with Gasteiger partial charge in [-0.15, -0.1) is 0 Å². The second-order valence-corrected chi connectivity index (χ2v) is 4.70. The largest absolute Gasteiger partial charge is 0.392 e. The standard InChI is InChI=1S/C14H20N2O2/c17-11-12-3-5-13(6-4-12)15-14(18)7-10-16-8-1-2-9-16/h3-6,17H,1-2,7-11H2,(H,15,18). The molecule has 0 saturated carbocycles. The average molecular weight is 248 g/mol. The van der Waals surface area contributed by atoms with E-state index in [1.807, 2.05) is 24.3 Å². The van der Waals surface area contributed by atoms with Crippen molar-refractivity contribution in [3.8, 4) is 0 Å². The highest BCUT2D eigenvalue weighted by molar-refractivity contribution is 5.90.